The number of anilines is 2. The number of para-hydroxylation sites is 1. The van der Waals surface area contributed by atoms with Gasteiger partial charge in [0, 0.05) is 22.0 Å². The summed E-state index contributed by atoms with van der Waals surface area (Å²) < 4.78 is 1.75. The summed E-state index contributed by atoms with van der Waals surface area (Å²) in [5.41, 5.74) is 4.01. The maximum absolute atomic E-state index is 12.5. The number of nitrogens with one attached hydrogen (secondary N) is 2. The second kappa shape index (κ2) is 10.4. The van der Waals surface area contributed by atoms with Gasteiger partial charge in [-0.3, -0.25) is 9.59 Å². The van der Waals surface area contributed by atoms with Crippen molar-refractivity contribution in [2.45, 2.75) is 24.1 Å². The van der Waals surface area contributed by atoms with Gasteiger partial charge in [-0.2, -0.15) is 0 Å². The molecule has 5 nitrogen and oxygen atoms in total. The molecule has 0 aliphatic heterocycles. The summed E-state index contributed by atoms with van der Waals surface area (Å²) >= 11 is 8.78. The quantitative estimate of drug-likeness (QED) is 0.269. The molecule has 0 aliphatic rings. The van der Waals surface area contributed by atoms with Gasteiger partial charge in [0.1, 0.15) is 0 Å². The Balaban J connectivity index is 1.39. The second-order valence-corrected chi connectivity index (χ2v) is 10.4. The Kier molecular flexibility index (Phi) is 7.33. The molecule has 8 heteroatoms. The third-order valence-corrected chi connectivity index (χ3v) is 7.33. The van der Waals surface area contributed by atoms with E-state index in [9.17, 15) is 9.59 Å². The van der Waals surface area contributed by atoms with Gasteiger partial charge in [-0.1, -0.05) is 55.4 Å². The largest absolute Gasteiger partial charge is 0.325 e. The van der Waals surface area contributed by atoms with Crippen LogP contribution in [0.15, 0.2) is 71.1 Å². The summed E-state index contributed by atoms with van der Waals surface area (Å²) in [5, 5.41) is 6.49. The van der Waals surface area contributed by atoms with Gasteiger partial charge in [-0.15, -0.1) is 11.3 Å². The molecule has 0 radical (unpaired) electrons. The topological polar surface area (TPSA) is 71.1 Å². The number of amides is 2. The number of nitrogens with zero attached hydrogens (tertiary/aromatic N) is 1. The standard InChI is InChI=1S/C25H22ClN3O2S2/c1-15(2)19-5-3-4-6-20(19)28-23(30)14-32-25-29-21-12-11-18(13-22(21)33-25)27-24(31)16-7-9-17(26)10-8-16/h3-13,15H,14H2,1-2H3,(H,27,31)(H,28,30). The molecule has 3 aromatic carbocycles. The van der Waals surface area contributed by atoms with Crippen molar-refractivity contribution in [1.82, 2.24) is 4.98 Å². The summed E-state index contributed by atoms with van der Waals surface area (Å²) in [6, 6.07) is 20.2. The van der Waals surface area contributed by atoms with Gasteiger partial charge in [0.25, 0.3) is 5.91 Å². The third kappa shape index (κ3) is 5.93. The third-order valence-electron chi connectivity index (χ3n) is 4.92. The molecule has 2 amide bonds. The van der Waals surface area contributed by atoms with Crippen molar-refractivity contribution in [2.24, 2.45) is 0 Å². The summed E-state index contributed by atoms with van der Waals surface area (Å²) in [6.07, 6.45) is 0. The summed E-state index contributed by atoms with van der Waals surface area (Å²) in [5.74, 6) is 0.325. The first-order chi connectivity index (χ1) is 15.9. The molecular formula is C25H22ClN3O2S2. The molecular weight excluding hydrogens is 474 g/mol. The fourth-order valence-corrected chi connectivity index (χ4v) is 5.31. The van der Waals surface area contributed by atoms with Crippen LogP contribution in [0.2, 0.25) is 5.02 Å². The van der Waals surface area contributed by atoms with E-state index in [1.807, 2.05) is 42.5 Å². The molecule has 33 heavy (non-hydrogen) atoms. The number of halogens is 1. The maximum atomic E-state index is 12.5. The van der Waals surface area contributed by atoms with Crippen LogP contribution in [-0.2, 0) is 4.79 Å². The minimum absolute atomic E-state index is 0.0664. The zero-order valence-electron chi connectivity index (χ0n) is 18.1. The number of fused-ring (bicyclic) bond motifs is 1. The van der Waals surface area contributed by atoms with E-state index >= 15 is 0 Å². The van der Waals surface area contributed by atoms with E-state index in [0.29, 0.717) is 22.2 Å². The zero-order valence-corrected chi connectivity index (χ0v) is 20.5. The summed E-state index contributed by atoms with van der Waals surface area (Å²) in [6.45, 7) is 4.21. The highest BCUT2D eigenvalue weighted by atomic mass is 35.5. The van der Waals surface area contributed by atoms with Crippen molar-refractivity contribution < 1.29 is 9.59 Å². The highest BCUT2D eigenvalue weighted by Gasteiger charge is 2.12. The number of rotatable bonds is 7. The first-order valence-electron chi connectivity index (χ1n) is 10.4. The SMILES string of the molecule is CC(C)c1ccccc1NC(=O)CSc1nc2ccc(NC(=O)c3ccc(Cl)cc3)cc2s1. The number of aromatic nitrogens is 1. The number of carbonyl (C=O) groups is 2. The van der Waals surface area contributed by atoms with Crippen LogP contribution in [0.3, 0.4) is 0 Å². The minimum atomic E-state index is -0.205. The Bertz CT molecular complexity index is 1300. The number of carbonyl (C=O) groups excluding carboxylic acids is 2. The first-order valence-corrected chi connectivity index (χ1v) is 12.6. The molecule has 1 aromatic heterocycles. The van der Waals surface area contributed by atoms with Gasteiger partial charge in [0.05, 0.1) is 16.0 Å². The predicted octanol–water partition coefficient (Wildman–Crippen LogP) is 7.06. The Morgan fingerprint density at radius 1 is 1.03 bits per heavy atom. The van der Waals surface area contributed by atoms with E-state index in [-0.39, 0.29) is 17.6 Å². The number of benzene rings is 3. The van der Waals surface area contributed by atoms with E-state index in [1.54, 1.807) is 24.3 Å². The molecule has 0 unspecified atom stereocenters. The van der Waals surface area contributed by atoms with E-state index in [1.165, 1.54) is 23.1 Å². The molecule has 4 rings (SSSR count). The van der Waals surface area contributed by atoms with Crippen molar-refractivity contribution >= 4 is 68.1 Å². The van der Waals surface area contributed by atoms with Crippen LogP contribution in [-0.4, -0.2) is 22.6 Å². The maximum Gasteiger partial charge on any atom is 0.255 e. The highest BCUT2D eigenvalue weighted by molar-refractivity contribution is 8.01. The number of thioether (sulfide) groups is 1. The monoisotopic (exact) mass is 495 g/mol. The van der Waals surface area contributed by atoms with Crippen molar-refractivity contribution in [3.05, 3.63) is 82.9 Å². The Morgan fingerprint density at radius 2 is 1.79 bits per heavy atom. The van der Waals surface area contributed by atoms with E-state index in [0.717, 1.165) is 25.8 Å². The second-order valence-electron chi connectivity index (χ2n) is 7.70. The van der Waals surface area contributed by atoms with Crippen molar-refractivity contribution in [3.8, 4) is 0 Å². The number of thiazole rings is 1. The average Bonchev–Trinajstić information content (AvgIpc) is 3.20. The van der Waals surface area contributed by atoms with E-state index in [2.05, 4.69) is 29.5 Å². The fraction of sp³-hybridized carbons (Fsp3) is 0.160. The number of hydrogen-bond donors (Lipinski definition) is 2. The van der Waals surface area contributed by atoms with Crippen LogP contribution in [0, 0.1) is 0 Å². The molecule has 0 fully saturated rings. The smallest absolute Gasteiger partial charge is 0.255 e. The first kappa shape index (κ1) is 23.3. The lowest BCUT2D eigenvalue weighted by Gasteiger charge is -2.13. The summed E-state index contributed by atoms with van der Waals surface area (Å²) in [4.78, 5) is 29.5. The number of hydrogen-bond acceptors (Lipinski definition) is 5. The fourth-order valence-electron chi connectivity index (χ4n) is 3.28. The van der Waals surface area contributed by atoms with E-state index < -0.39 is 0 Å². The molecule has 2 N–H and O–H groups in total. The van der Waals surface area contributed by atoms with Crippen LogP contribution in [0.25, 0.3) is 10.2 Å². The molecule has 0 saturated heterocycles. The van der Waals surface area contributed by atoms with Gasteiger partial charge in [-0.25, -0.2) is 4.98 Å². The van der Waals surface area contributed by atoms with Crippen molar-refractivity contribution in [2.75, 3.05) is 16.4 Å². The van der Waals surface area contributed by atoms with Gasteiger partial charge >= 0.3 is 0 Å². The lowest BCUT2D eigenvalue weighted by Crippen LogP contribution is -2.15. The Hall–Kier alpha value is -2.87. The Labute approximate surface area is 205 Å². The molecule has 0 aliphatic carbocycles. The summed E-state index contributed by atoms with van der Waals surface area (Å²) in [7, 11) is 0. The molecule has 0 saturated carbocycles. The molecule has 0 bridgehead atoms. The van der Waals surface area contributed by atoms with Crippen LogP contribution >= 0.6 is 34.7 Å². The van der Waals surface area contributed by atoms with Gasteiger partial charge in [0.2, 0.25) is 5.91 Å². The Morgan fingerprint density at radius 3 is 2.55 bits per heavy atom. The van der Waals surface area contributed by atoms with Gasteiger partial charge in [0.15, 0.2) is 4.34 Å². The minimum Gasteiger partial charge on any atom is -0.325 e. The highest BCUT2D eigenvalue weighted by Crippen LogP contribution is 2.32. The molecule has 0 atom stereocenters. The average molecular weight is 496 g/mol. The molecule has 0 spiro atoms. The van der Waals surface area contributed by atoms with Crippen LogP contribution in [0.5, 0.6) is 0 Å². The van der Waals surface area contributed by atoms with E-state index in [4.69, 9.17) is 11.6 Å². The van der Waals surface area contributed by atoms with Crippen LogP contribution in [0.1, 0.15) is 35.7 Å². The zero-order chi connectivity index (χ0) is 23.4. The van der Waals surface area contributed by atoms with Crippen molar-refractivity contribution in [3.63, 3.8) is 0 Å². The van der Waals surface area contributed by atoms with Crippen LogP contribution in [0.4, 0.5) is 11.4 Å². The van der Waals surface area contributed by atoms with Gasteiger partial charge < -0.3 is 10.6 Å². The molecule has 4 aromatic rings. The normalized spacial score (nSPS) is 11.0. The molecule has 1 heterocycles. The lowest BCUT2D eigenvalue weighted by molar-refractivity contribution is -0.113. The predicted molar refractivity (Wildman–Crippen MR) is 139 cm³/mol. The molecule has 168 valence electrons. The van der Waals surface area contributed by atoms with Crippen LogP contribution < -0.4 is 10.6 Å². The van der Waals surface area contributed by atoms with Crippen molar-refractivity contribution in [1.29, 1.82) is 0 Å². The lowest BCUT2D eigenvalue weighted by atomic mass is 10.0. The van der Waals surface area contributed by atoms with Gasteiger partial charge in [-0.05, 0) is 60.0 Å².